The lowest BCUT2D eigenvalue weighted by Gasteiger charge is -2.23. The van der Waals surface area contributed by atoms with Crippen LogP contribution >= 0.6 is 11.3 Å². The van der Waals surface area contributed by atoms with E-state index in [0.29, 0.717) is 41.2 Å². The monoisotopic (exact) mass is 496 g/mol. The summed E-state index contributed by atoms with van der Waals surface area (Å²) in [6, 6.07) is 8.18. The van der Waals surface area contributed by atoms with Crippen LogP contribution in [0.1, 0.15) is 47.3 Å². The molecule has 0 radical (unpaired) electrons. The maximum absolute atomic E-state index is 14.9. The Kier molecular flexibility index (Phi) is 7.14. The minimum Gasteiger partial charge on any atom is -0.381 e. The minimum atomic E-state index is -0.801. The summed E-state index contributed by atoms with van der Waals surface area (Å²) < 4.78 is 20.3. The Hall–Kier alpha value is -2.80. The molecule has 1 aliphatic carbocycles. The van der Waals surface area contributed by atoms with Crippen LogP contribution in [0.5, 0.6) is 0 Å². The van der Waals surface area contributed by atoms with Crippen molar-refractivity contribution >= 4 is 23.2 Å². The number of thiophene rings is 1. The van der Waals surface area contributed by atoms with Gasteiger partial charge in [-0.1, -0.05) is 12.1 Å². The predicted octanol–water partition coefficient (Wildman–Crippen LogP) is 3.15. The van der Waals surface area contributed by atoms with E-state index in [1.165, 1.54) is 17.4 Å². The number of amides is 2. The average molecular weight is 497 g/mol. The molecule has 184 valence electrons. The summed E-state index contributed by atoms with van der Waals surface area (Å²) in [5.74, 6) is -0.410. The number of carbonyl (C=O) groups is 2. The van der Waals surface area contributed by atoms with Crippen molar-refractivity contribution in [1.29, 1.82) is 5.26 Å². The Bertz CT molecular complexity index is 1140. The van der Waals surface area contributed by atoms with Crippen molar-refractivity contribution in [3.8, 4) is 17.2 Å². The molecule has 1 aromatic heterocycles. The number of fused-ring (bicyclic) bond motifs is 2. The van der Waals surface area contributed by atoms with E-state index in [1.54, 1.807) is 18.2 Å². The number of halogens is 1. The van der Waals surface area contributed by atoms with Crippen molar-refractivity contribution in [2.75, 3.05) is 13.2 Å². The van der Waals surface area contributed by atoms with E-state index in [0.717, 1.165) is 37.7 Å². The van der Waals surface area contributed by atoms with E-state index in [2.05, 4.69) is 22.0 Å². The van der Waals surface area contributed by atoms with Crippen molar-refractivity contribution in [2.24, 2.45) is 5.92 Å². The first-order chi connectivity index (χ1) is 17.0. The highest BCUT2D eigenvalue weighted by Gasteiger charge is 2.43. The fourth-order valence-electron chi connectivity index (χ4n) is 5.36. The van der Waals surface area contributed by atoms with E-state index in [-0.39, 0.29) is 30.3 Å². The summed E-state index contributed by atoms with van der Waals surface area (Å²) in [5, 5.41) is 20.5. The molecule has 2 aliphatic heterocycles. The number of hydrogen-bond acceptors (Lipinski definition) is 6. The molecule has 35 heavy (non-hydrogen) atoms. The van der Waals surface area contributed by atoms with Gasteiger partial charge in [0.05, 0.1) is 17.0 Å². The van der Waals surface area contributed by atoms with Crippen LogP contribution in [-0.4, -0.2) is 49.2 Å². The lowest BCUT2D eigenvalue weighted by atomic mass is 9.98. The number of carbonyl (C=O) groups excluding carboxylic acids is 2. The molecule has 3 heterocycles. The van der Waals surface area contributed by atoms with Gasteiger partial charge >= 0.3 is 0 Å². The maximum atomic E-state index is 14.9. The quantitative estimate of drug-likeness (QED) is 0.547. The van der Waals surface area contributed by atoms with E-state index in [1.807, 2.05) is 5.38 Å². The van der Waals surface area contributed by atoms with Crippen molar-refractivity contribution < 1.29 is 18.7 Å². The van der Waals surface area contributed by atoms with Crippen molar-refractivity contribution in [1.82, 2.24) is 16.0 Å². The van der Waals surface area contributed by atoms with Gasteiger partial charge in [0.25, 0.3) is 5.91 Å². The number of nitrogens with one attached hydrogen (secondary N) is 3. The molecule has 9 heteroatoms. The van der Waals surface area contributed by atoms with Gasteiger partial charge in [-0.3, -0.25) is 9.59 Å². The van der Waals surface area contributed by atoms with Gasteiger partial charge in [0.1, 0.15) is 11.9 Å². The van der Waals surface area contributed by atoms with Crippen LogP contribution in [0.15, 0.2) is 29.6 Å². The van der Waals surface area contributed by atoms with Gasteiger partial charge in [0, 0.05) is 31.7 Å². The Morgan fingerprint density at radius 3 is 2.71 bits per heavy atom. The minimum absolute atomic E-state index is 0.0948. The topological polar surface area (TPSA) is 103 Å². The molecular weight excluding hydrogens is 467 g/mol. The molecule has 0 spiro atoms. The van der Waals surface area contributed by atoms with Gasteiger partial charge in [-0.05, 0) is 72.2 Å². The Labute approximate surface area is 208 Å². The molecule has 2 amide bonds. The van der Waals surface area contributed by atoms with Gasteiger partial charge in [-0.2, -0.15) is 5.26 Å². The highest BCUT2D eigenvalue weighted by atomic mass is 32.1. The SMILES string of the molecule is N#C[C@H](Cc1ccc(-c2csc(C(=O)NC3CCOCC3)c2)cc1F)NC(=O)C1NC2CCC1C2. The Balaban J connectivity index is 1.20. The summed E-state index contributed by atoms with van der Waals surface area (Å²) in [6.07, 6.45) is 4.84. The van der Waals surface area contributed by atoms with Crippen molar-refractivity contribution in [2.45, 2.75) is 62.7 Å². The standard InChI is InChI=1S/C26H29FN4O3S/c27-22-11-15(18-12-23(35-14-18)25(32)30-19-5-7-34-8-6-19)1-2-16(22)9-21(13-28)31-26(33)24-17-3-4-20(10-17)29-24/h1-2,11-12,14,17,19-21,24,29H,3-10H2,(H,30,32)(H,31,33)/t17?,20?,21-,24?/m0/s1. The number of ether oxygens (including phenoxy) is 1. The van der Waals surface area contributed by atoms with Gasteiger partial charge in [0.2, 0.25) is 5.91 Å². The number of hydrogen-bond donors (Lipinski definition) is 3. The smallest absolute Gasteiger partial charge is 0.261 e. The lowest BCUT2D eigenvalue weighted by Crippen LogP contribution is -2.50. The molecule has 5 rings (SSSR count). The normalized spacial score (nSPS) is 24.6. The van der Waals surface area contributed by atoms with Crippen LogP contribution in [-0.2, 0) is 16.0 Å². The first kappa shape index (κ1) is 23.9. The summed E-state index contributed by atoms with van der Waals surface area (Å²) in [6.45, 7) is 1.31. The number of rotatable bonds is 7. The molecule has 3 aliphatic rings. The van der Waals surface area contributed by atoms with Crippen LogP contribution in [0.3, 0.4) is 0 Å². The average Bonchev–Trinajstić information content (AvgIpc) is 3.63. The second-order valence-corrected chi connectivity index (χ2v) is 10.6. The highest BCUT2D eigenvalue weighted by Crippen LogP contribution is 2.35. The molecule has 3 fully saturated rings. The molecule has 3 N–H and O–H groups in total. The molecular formula is C26H29FN4O3S. The maximum Gasteiger partial charge on any atom is 0.261 e. The molecule has 2 saturated heterocycles. The summed E-state index contributed by atoms with van der Waals surface area (Å²) in [5.41, 5.74) is 1.80. The van der Waals surface area contributed by atoms with E-state index < -0.39 is 11.9 Å². The second-order valence-electron chi connectivity index (χ2n) is 9.67. The Morgan fingerprint density at radius 2 is 2.03 bits per heavy atom. The number of nitrogens with zero attached hydrogens (tertiary/aromatic N) is 1. The molecule has 1 aromatic carbocycles. The van der Waals surface area contributed by atoms with Crippen LogP contribution in [0.25, 0.3) is 11.1 Å². The van der Waals surface area contributed by atoms with Crippen LogP contribution in [0.4, 0.5) is 4.39 Å². The van der Waals surface area contributed by atoms with Gasteiger partial charge in [-0.15, -0.1) is 11.3 Å². The van der Waals surface area contributed by atoms with E-state index in [4.69, 9.17) is 4.74 Å². The van der Waals surface area contributed by atoms with Gasteiger partial charge < -0.3 is 20.7 Å². The third kappa shape index (κ3) is 5.40. The zero-order valence-corrected chi connectivity index (χ0v) is 20.2. The summed E-state index contributed by atoms with van der Waals surface area (Å²) in [4.78, 5) is 25.8. The number of nitriles is 1. The molecule has 3 unspecified atom stereocenters. The van der Waals surface area contributed by atoms with Gasteiger partial charge in [0.15, 0.2) is 0 Å². The fourth-order valence-corrected chi connectivity index (χ4v) is 6.18. The highest BCUT2D eigenvalue weighted by molar-refractivity contribution is 7.12. The molecule has 1 saturated carbocycles. The largest absolute Gasteiger partial charge is 0.381 e. The molecule has 2 aromatic rings. The molecule has 7 nitrogen and oxygen atoms in total. The summed E-state index contributed by atoms with van der Waals surface area (Å²) >= 11 is 1.33. The van der Waals surface area contributed by atoms with Gasteiger partial charge in [-0.25, -0.2) is 4.39 Å². The van der Waals surface area contributed by atoms with Crippen LogP contribution in [0, 0.1) is 23.1 Å². The molecule has 4 atom stereocenters. The molecule has 2 bridgehead atoms. The zero-order valence-electron chi connectivity index (χ0n) is 19.4. The first-order valence-electron chi connectivity index (χ1n) is 12.2. The first-order valence-corrected chi connectivity index (χ1v) is 13.1. The van der Waals surface area contributed by atoms with Crippen LogP contribution in [0.2, 0.25) is 0 Å². The van der Waals surface area contributed by atoms with Crippen LogP contribution < -0.4 is 16.0 Å². The Morgan fingerprint density at radius 1 is 1.20 bits per heavy atom. The fraction of sp³-hybridized carbons (Fsp3) is 0.500. The number of benzene rings is 1. The third-order valence-electron chi connectivity index (χ3n) is 7.30. The second kappa shape index (κ2) is 10.4. The third-order valence-corrected chi connectivity index (χ3v) is 8.23. The van der Waals surface area contributed by atoms with E-state index in [9.17, 15) is 19.2 Å². The number of piperidine rings is 1. The zero-order chi connectivity index (χ0) is 24.4. The van der Waals surface area contributed by atoms with E-state index >= 15 is 0 Å². The van der Waals surface area contributed by atoms with Crippen molar-refractivity contribution in [3.05, 3.63) is 45.9 Å². The van der Waals surface area contributed by atoms with Crippen molar-refractivity contribution in [3.63, 3.8) is 0 Å². The lowest BCUT2D eigenvalue weighted by molar-refractivity contribution is -0.124. The summed E-state index contributed by atoms with van der Waals surface area (Å²) in [7, 11) is 0. The predicted molar refractivity (Wildman–Crippen MR) is 130 cm³/mol.